The summed E-state index contributed by atoms with van der Waals surface area (Å²) in [6.07, 6.45) is 9.89. The van der Waals surface area contributed by atoms with Gasteiger partial charge in [0.15, 0.2) is 0 Å². The van der Waals surface area contributed by atoms with E-state index in [1.165, 1.54) is 0 Å². The van der Waals surface area contributed by atoms with E-state index in [1.807, 2.05) is 18.0 Å². The lowest BCUT2D eigenvalue weighted by Gasteiger charge is -2.40. The highest BCUT2D eigenvalue weighted by atomic mass is 16.5. The van der Waals surface area contributed by atoms with Crippen molar-refractivity contribution in [3.63, 3.8) is 0 Å². The summed E-state index contributed by atoms with van der Waals surface area (Å²) >= 11 is 0. The Bertz CT molecular complexity index is 681. The summed E-state index contributed by atoms with van der Waals surface area (Å²) in [5, 5.41) is 4.20. The number of carbonyl (C=O) groups excluding carboxylic acids is 2. The zero-order valence-corrected chi connectivity index (χ0v) is 16.3. The van der Waals surface area contributed by atoms with Gasteiger partial charge in [0.2, 0.25) is 5.91 Å². The number of aromatic nitrogens is 2. The topological polar surface area (TPSA) is 67.7 Å². The second kappa shape index (κ2) is 7.62. The lowest BCUT2D eigenvalue weighted by Crippen LogP contribution is -2.49. The van der Waals surface area contributed by atoms with Crippen LogP contribution in [0.25, 0.3) is 0 Å². The van der Waals surface area contributed by atoms with Crippen LogP contribution in [0, 0.1) is 0 Å². The molecule has 1 aromatic rings. The molecule has 0 N–H and O–H groups in total. The van der Waals surface area contributed by atoms with Gasteiger partial charge in [-0.1, -0.05) is 0 Å². The molecule has 7 nitrogen and oxygen atoms in total. The molecule has 4 rings (SSSR count). The molecule has 2 bridgehead atoms. The highest BCUT2D eigenvalue weighted by Gasteiger charge is 2.43. The molecule has 7 heteroatoms. The molecule has 4 heterocycles. The SMILES string of the molecule is CCn1cc(C(=O)N2CCC(OC3C[C@H]4CC[C@@H](C3)N4C(C)=O)CC2)cn1. The van der Waals surface area contributed by atoms with E-state index in [9.17, 15) is 9.59 Å². The maximum atomic E-state index is 12.6. The van der Waals surface area contributed by atoms with Crippen molar-refractivity contribution in [3.05, 3.63) is 18.0 Å². The van der Waals surface area contributed by atoms with Crippen LogP contribution >= 0.6 is 0 Å². The standard InChI is InChI=1S/C20H30N4O3/c1-3-23-13-15(12-21-23)20(26)22-8-6-18(7-9-22)27-19-10-16-4-5-17(11-19)24(16)14(2)25/h12-13,16-19H,3-11H2,1-2H3/t16-,17+,19?. The van der Waals surface area contributed by atoms with Gasteiger partial charge in [0, 0.05) is 44.8 Å². The minimum atomic E-state index is 0.0703. The first-order chi connectivity index (χ1) is 13.0. The summed E-state index contributed by atoms with van der Waals surface area (Å²) in [4.78, 5) is 28.4. The van der Waals surface area contributed by atoms with E-state index in [4.69, 9.17) is 4.74 Å². The van der Waals surface area contributed by atoms with Crippen LogP contribution in [0.4, 0.5) is 0 Å². The van der Waals surface area contributed by atoms with Crippen LogP contribution in [0.1, 0.15) is 62.7 Å². The number of hydrogen-bond donors (Lipinski definition) is 0. The van der Waals surface area contributed by atoms with Gasteiger partial charge in [-0.3, -0.25) is 14.3 Å². The molecular formula is C20H30N4O3. The Kier molecular flexibility index (Phi) is 5.21. The maximum absolute atomic E-state index is 12.6. The predicted octanol–water partition coefficient (Wildman–Crippen LogP) is 2.07. The van der Waals surface area contributed by atoms with Gasteiger partial charge in [0.1, 0.15) is 0 Å². The Labute approximate surface area is 160 Å². The first kappa shape index (κ1) is 18.5. The van der Waals surface area contributed by atoms with Gasteiger partial charge in [-0.2, -0.15) is 5.10 Å². The Morgan fingerprint density at radius 2 is 1.78 bits per heavy atom. The van der Waals surface area contributed by atoms with Crippen molar-refractivity contribution in [2.24, 2.45) is 0 Å². The number of piperidine rings is 2. The molecule has 3 atom stereocenters. The minimum Gasteiger partial charge on any atom is -0.375 e. The zero-order chi connectivity index (χ0) is 19.0. The Morgan fingerprint density at radius 3 is 2.33 bits per heavy atom. The smallest absolute Gasteiger partial charge is 0.257 e. The number of fused-ring (bicyclic) bond motifs is 2. The number of nitrogens with zero attached hydrogens (tertiary/aromatic N) is 4. The Morgan fingerprint density at radius 1 is 1.11 bits per heavy atom. The van der Waals surface area contributed by atoms with Crippen molar-refractivity contribution in [2.75, 3.05) is 13.1 Å². The summed E-state index contributed by atoms with van der Waals surface area (Å²) in [6.45, 7) is 5.94. The second-order valence-corrected chi connectivity index (χ2v) is 8.12. The van der Waals surface area contributed by atoms with Crippen molar-refractivity contribution in [1.29, 1.82) is 0 Å². The molecular weight excluding hydrogens is 344 g/mol. The number of hydrogen-bond acceptors (Lipinski definition) is 4. The van der Waals surface area contributed by atoms with Crippen LogP contribution in [0.5, 0.6) is 0 Å². The van der Waals surface area contributed by atoms with Crippen molar-refractivity contribution in [1.82, 2.24) is 19.6 Å². The molecule has 3 aliphatic rings. The summed E-state index contributed by atoms with van der Waals surface area (Å²) < 4.78 is 8.19. The number of aryl methyl sites for hydroxylation is 1. The van der Waals surface area contributed by atoms with Crippen molar-refractivity contribution in [3.8, 4) is 0 Å². The molecule has 1 unspecified atom stereocenters. The molecule has 0 saturated carbocycles. The predicted molar refractivity (Wildman–Crippen MR) is 100 cm³/mol. The summed E-state index contributed by atoms with van der Waals surface area (Å²) in [6, 6.07) is 0.728. The monoisotopic (exact) mass is 374 g/mol. The third kappa shape index (κ3) is 3.74. The molecule has 3 saturated heterocycles. The van der Waals surface area contributed by atoms with Crippen LogP contribution in [0.15, 0.2) is 12.4 Å². The van der Waals surface area contributed by atoms with E-state index in [1.54, 1.807) is 17.8 Å². The first-order valence-corrected chi connectivity index (χ1v) is 10.3. The number of amides is 2. The average molecular weight is 374 g/mol. The largest absolute Gasteiger partial charge is 0.375 e. The lowest BCUT2D eigenvalue weighted by molar-refractivity contribution is -0.138. The molecule has 0 aromatic carbocycles. The number of likely N-dealkylation sites (tertiary alicyclic amines) is 1. The van der Waals surface area contributed by atoms with Gasteiger partial charge in [-0.15, -0.1) is 0 Å². The van der Waals surface area contributed by atoms with Crippen molar-refractivity contribution < 1.29 is 14.3 Å². The maximum Gasteiger partial charge on any atom is 0.257 e. The van der Waals surface area contributed by atoms with Crippen LogP contribution in [-0.2, 0) is 16.1 Å². The van der Waals surface area contributed by atoms with Gasteiger partial charge in [0.25, 0.3) is 5.91 Å². The molecule has 0 radical (unpaired) electrons. The molecule has 0 spiro atoms. The Hall–Kier alpha value is -1.89. The van der Waals surface area contributed by atoms with Crippen LogP contribution in [0.2, 0.25) is 0 Å². The number of ether oxygens (including phenoxy) is 1. The highest BCUT2D eigenvalue weighted by molar-refractivity contribution is 5.93. The van der Waals surface area contributed by atoms with Crippen molar-refractivity contribution in [2.45, 2.75) is 83.2 Å². The van der Waals surface area contributed by atoms with E-state index in [0.717, 1.165) is 58.2 Å². The molecule has 0 aliphatic carbocycles. The van der Waals surface area contributed by atoms with Gasteiger partial charge in [0.05, 0.1) is 24.0 Å². The second-order valence-electron chi connectivity index (χ2n) is 8.12. The van der Waals surface area contributed by atoms with E-state index < -0.39 is 0 Å². The van der Waals surface area contributed by atoms with Gasteiger partial charge >= 0.3 is 0 Å². The van der Waals surface area contributed by atoms with Crippen LogP contribution in [-0.4, -0.2) is 68.8 Å². The molecule has 148 valence electrons. The van der Waals surface area contributed by atoms with Gasteiger partial charge < -0.3 is 14.5 Å². The fourth-order valence-corrected chi connectivity index (χ4v) is 5.05. The quantitative estimate of drug-likeness (QED) is 0.809. The summed E-state index contributed by atoms with van der Waals surface area (Å²) in [5.41, 5.74) is 0.671. The average Bonchev–Trinajstić information content (AvgIpc) is 3.25. The fourth-order valence-electron chi connectivity index (χ4n) is 5.05. The third-order valence-corrected chi connectivity index (χ3v) is 6.37. The molecule has 1 aromatic heterocycles. The van der Waals surface area contributed by atoms with E-state index in [2.05, 4.69) is 10.00 Å². The summed E-state index contributed by atoms with van der Waals surface area (Å²) in [7, 11) is 0. The molecule has 3 fully saturated rings. The van der Waals surface area contributed by atoms with E-state index in [-0.39, 0.29) is 24.0 Å². The van der Waals surface area contributed by atoms with E-state index >= 15 is 0 Å². The molecule has 3 aliphatic heterocycles. The molecule has 2 amide bonds. The van der Waals surface area contributed by atoms with Gasteiger partial charge in [-0.05, 0) is 45.4 Å². The normalized spacial score (nSPS) is 28.6. The minimum absolute atomic E-state index is 0.0703. The fraction of sp³-hybridized carbons (Fsp3) is 0.750. The van der Waals surface area contributed by atoms with Crippen LogP contribution < -0.4 is 0 Å². The van der Waals surface area contributed by atoms with Gasteiger partial charge in [-0.25, -0.2) is 0 Å². The zero-order valence-electron chi connectivity index (χ0n) is 16.3. The third-order valence-electron chi connectivity index (χ3n) is 6.37. The lowest BCUT2D eigenvalue weighted by atomic mass is 9.98. The van der Waals surface area contributed by atoms with Crippen LogP contribution in [0.3, 0.4) is 0 Å². The summed E-state index contributed by atoms with van der Waals surface area (Å²) in [5.74, 6) is 0.278. The number of rotatable bonds is 4. The number of carbonyl (C=O) groups is 2. The highest BCUT2D eigenvalue weighted by Crippen LogP contribution is 2.37. The molecule has 27 heavy (non-hydrogen) atoms. The Balaban J connectivity index is 1.27. The first-order valence-electron chi connectivity index (χ1n) is 10.3. The van der Waals surface area contributed by atoms with E-state index in [0.29, 0.717) is 17.6 Å². The van der Waals surface area contributed by atoms with Crippen molar-refractivity contribution >= 4 is 11.8 Å².